The van der Waals surface area contributed by atoms with Gasteiger partial charge in [-0.05, 0) is 43.3 Å². The molecule has 40 heavy (non-hydrogen) atoms. The van der Waals surface area contributed by atoms with Crippen LogP contribution in [0.2, 0.25) is 0 Å². The van der Waals surface area contributed by atoms with Crippen LogP contribution in [0.4, 0.5) is 11.4 Å². The molecule has 0 unspecified atom stereocenters. The summed E-state index contributed by atoms with van der Waals surface area (Å²) in [7, 11) is -0.359. The van der Waals surface area contributed by atoms with Crippen LogP contribution in [0.3, 0.4) is 0 Å². The number of hydrogen-bond acceptors (Lipinski definition) is 9. The fourth-order valence-electron chi connectivity index (χ4n) is 4.39. The van der Waals surface area contributed by atoms with Gasteiger partial charge < -0.3 is 25.1 Å². The number of aliphatic carboxylic acids is 2. The Morgan fingerprint density at radius 3 is 2.02 bits per heavy atom. The van der Waals surface area contributed by atoms with Crippen LogP contribution >= 0.6 is 11.8 Å². The number of sulfonamides is 1. The monoisotopic (exact) mass is 592 g/mol. The molecule has 0 spiro atoms. The van der Waals surface area contributed by atoms with Gasteiger partial charge in [-0.1, -0.05) is 23.9 Å². The minimum absolute atomic E-state index is 0.220. The van der Waals surface area contributed by atoms with E-state index in [1.165, 1.54) is 9.20 Å². The number of carbonyl (C=O) groups is 2. The molecule has 2 aromatic rings. The normalized spacial score (nSPS) is 15.8. The van der Waals surface area contributed by atoms with Crippen molar-refractivity contribution in [1.82, 2.24) is 14.1 Å². The Balaban J connectivity index is 0.000000482. The Hall–Kier alpha value is -2.94. The van der Waals surface area contributed by atoms with Gasteiger partial charge in [-0.3, -0.25) is 4.90 Å². The van der Waals surface area contributed by atoms with Gasteiger partial charge >= 0.3 is 11.9 Å². The molecule has 0 amide bonds. The van der Waals surface area contributed by atoms with Gasteiger partial charge in [0.05, 0.1) is 22.9 Å². The van der Waals surface area contributed by atoms with Crippen molar-refractivity contribution >= 4 is 45.1 Å². The molecule has 0 aromatic heterocycles. The van der Waals surface area contributed by atoms with Gasteiger partial charge in [0.1, 0.15) is 0 Å². The highest BCUT2D eigenvalue weighted by molar-refractivity contribution is 7.99. The summed E-state index contributed by atoms with van der Waals surface area (Å²) in [6, 6.07) is 13.8. The molecule has 4 rings (SSSR count). The second-order valence-electron chi connectivity index (χ2n) is 9.41. The highest BCUT2D eigenvalue weighted by atomic mass is 32.2. The molecular formula is C27H36N4O7S2. The van der Waals surface area contributed by atoms with Crippen LogP contribution in [0.1, 0.15) is 6.42 Å². The number of para-hydroxylation sites is 1. The molecule has 13 heteroatoms. The second kappa shape index (κ2) is 14.6. The van der Waals surface area contributed by atoms with Crippen molar-refractivity contribution < 1.29 is 33.3 Å². The van der Waals surface area contributed by atoms with Gasteiger partial charge in [0.2, 0.25) is 10.0 Å². The number of benzene rings is 2. The predicted octanol–water partition coefficient (Wildman–Crippen LogP) is 2.25. The number of rotatable bonds is 10. The molecule has 218 valence electrons. The molecule has 2 aliphatic rings. The first-order valence-corrected chi connectivity index (χ1v) is 15.1. The number of anilines is 2. The minimum Gasteiger partial charge on any atom is -0.478 e. The predicted molar refractivity (Wildman–Crippen MR) is 154 cm³/mol. The van der Waals surface area contributed by atoms with Crippen LogP contribution < -0.4 is 4.90 Å². The summed E-state index contributed by atoms with van der Waals surface area (Å²) in [4.78, 5) is 28.8. The van der Waals surface area contributed by atoms with Crippen molar-refractivity contribution in [2.45, 2.75) is 21.1 Å². The lowest BCUT2D eigenvalue weighted by molar-refractivity contribution is -0.134. The van der Waals surface area contributed by atoms with Crippen LogP contribution in [0.15, 0.2) is 69.3 Å². The SMILES string of the molecule is CN(C)S(=O)(=O)c1ccc2c(c1)N(CCCN1CCN(CCO)CC1)c1ccccc1S2.O=C(O)/C=C\C(=O)O. The van der Waals surface area contributed by atoms with E-state index in [0.717, 1.165) is 68.5 Å². The number of nitrogens with zero attached hydrogens (tertiary/aromatic N) is 4. The molecule has 3 N–H and O–H groups in total. The van der Waals surface area contributed by atoms with E-state index in [-0.39, 0.29) is 6.61 Å². The lowest BCUT2D eigenvalue weighted by Gasteiger charge is -2.36. The summed E-state index contributed by atoms with van der Waals surface area (Å²) in [6.45, 7) is 6.85. The van der Waals surface area contributed by atoms with Crippen LogP contribution in [0, 0.1) is 0 Å². The highest BCUT2D eigenvalue weighted by Gasteiger charge is 2.27. The van der Waals surface area contributed by atoms with E-state index in [2.05, 4.69) is 26.8 Å². The number of aliphatic hydroxyl groups excluding tert-OH is 1. The maximum atomic E-state index is 12.7. The van der Waals surface area contributed by atoms with E-state index in [1.807, 2.05) is 24.3 Å². The zero-order chi connectivity index (χ0) is 29.3. The number of fused-ring (bicyclic) bond motifs is 2. The summed E-state index contributed by atoms with van der Waals surface area (Å²) >= 11 is 1.69. The number of aliphatic hydroxyl groups is 1. The molecule has 2 heterocycles. The third-order valence-electron chi connectivity index (χ3n) is 6.48. The van der Waals surface area contributed by atoms with Crippen LogP contribution in [-0.4, -0.2) is 116 Å². The molecule has 0 aliphatic carbocycles. The lowest BCUT2D eigenvalue weighted by Crippen LogP contribution is -2.47. The lowest BCUT2D eigenvalue weighted by atomic mass is 10.2. The largest absolute Gasteiger partial charge is 0.478 e. The molecule has 1 fully saturated rings. The third-order valence-corrected chi connectivity index (χ3v) is 9.42. The average molecular weight is 593 g/mol. The van der Waals surface area contributed by atoms with E-state index in [0.29, 0.717) is 17.0 Å². The topological polar surface area (TPSA) is 142 Å². The first-order chi connectivity index (χ1) is 19.0. The number of carboxylic acids is 2. The van der Waals surface area contributed by atoms with Gasteiger partial charge in [-0.25, -0.2) is 22.3 Å². The number of piperazine rings is 1. The number of carboxylic acid groups (broad SMARTS) is 2. The van der Waals surface area contributed by atoms with Crippen molar-refractivity contribution in [2.24, 2.45) is 0 Å². The van der Waals surface area contributed by atoms with Gasteiger partial charge in [-0.15, -0.1) is 0 Å². The number of hydrogen-bond donors (Lipinski definition) is 3. The van der Waals surface area contributed by atoms with Crippen molar-refractivity contribution in [1.29, 1.82) is 0 Å². The third kappa shape index (κ3) is 8.53. The minimum atomic E-state index is -3.49. The molecule has 0 radical (unpaired) electrons. The van der Waals surface area contributed by atoms with Crippen molar-refractivity contribution in [3.05, 3.63) is 54.6 Å². The molecule has 1 saturated heterocycles. The van der Waals surface area contributed by atoms with E-state index >= 15 is 0 Å². The molecular weight excluding hydrogens is 556 g/mol. The first kappa shape index (κ1) is 31.6. The summed E-state index contributed by atoms with van der Waals surface area (Å²) < 4.78 is 26.7. The van der Waals surface area contributed by atoms with Gasteiger partial charge in [-0.2, -0.15) is 0 Å². The van der Waals surface area contributed by atoms with E-state index in [1.54, 1.807) is 31.9 Å². The zero-order valence-corrected chi connectivity index (χ0v) is 24.3. The molecule has 2 aliphatic heterocycles. The Morgan fingerprint density at radius 1 is 0.875 bits per heavy atom. The fraction of sp³-hybridized carbons (Fsp3) is 0.407. The quantitative estimate of drug-likeness (QED) is 0.350. The van der Waals surface area contributed by atoms with E-state index < -0.39 is 22.0 Å². The Labute approximate surface area is 239 Å². The Morgan fingerprint density at radius 2 is 1.45 bits per heavy atom. The van der Waals surface area contributed by atoms with Gasteiger partial charge in [0.25, 0.3) is 0 Å². The molecule has 2 aromatic carbocycles. The van der Waals surface area contributed by atoms with Gasteiger partial charge in [0.15, 0.2) is 0 Å². The van der Waals surface area contributed by atoms with Crippen LogP contribution in [-0.2, 0) is 19.6 Å². The fourth-order valence-corrected chi connectivity index (χ4v) is 6.39. The van der Waals surface area contributed by atoms with Crippen LogP contribution in [0.25, 0.3) is 0 Å². The average Bonchev–Trinajstić information content (AvgIpc) is 2.92. The summed E-state index contributed by atoms with van der Waals surface area (Å²) in [6.07, 6.45) is 2.10. The molecule has 0 atom stereocenters. The first-order valence-electron chi connectivity index (χ1n) is 12.8. The summed E-state index contributed by atoms with van der Waals surface area (Å²) in [5, 5.41) is 24.8. The standard InChI is InChI=1S/C23H32N4O3S2.C4H4O4/c1-24(2)32(29,30)19-8-9-23-21(18-19)27(20-6-3-4-7-22(20)31-23)11-5-10-25-12-14-26(15-13-25)16-17-28;5-3(6)1-2-4(7)8/h3-4,6-9,18,28H,5,10-17H2,1-2H3;1-2H,(H,5,6)(H,7,8)/b;2-1-. The van der Waals surface area contributed by atoms with E-state index in [4.69, 9.17) is 15.3 Å². The number of β-amino-alcohol motifs (C(OH)–C–C–N with tert-alkyl or cyclic N) is 1. The molecule has 0 bridgehead atoms. The highest BCUT2D eigenvalue weighted by Crippen LogP contribution is 2.48. The maximum absolute atomic E-state index is 12.7. The Kier molecular flexibility index (Phi) is 11.5. The smallest absolute Gasteiger partial charge is 0.328 e. The summed E-state index contributed by atoms with van der Waals surface area (Å²) in [5.74, 6) is -2.51. The zero-order valence-electron chi connectivity index (χ0n) is 22.6. The Bertz CT molecular complexity index is 1290. The van der Waals surface area contributed by atoms with Gasteiger partial charge in [0, 0.05) is 75.3 Å². The van der Waals surface area contributed by atoms with Crippen molar-refractivity contribution in [3.63, 3.8) is 0 Å². The molecule has 11 nitrogen and oxygen atoms in total. The second-order valence-corrected chi connectivity index (χ2v) is 12.6. The summed E-state index contributed by atoms with van der Waals surface area (Å²) in [5.41, 5.74) is 2.10. The van der Waals surface area contributed by atoms with E-state index in [9.17, 15) is 18.0 Å². The van der Waals surface area contributed by atoms with Crippen molar-refractivity contribution in [2.75, 3.05) is 71.4 Å². The molecule has 0 saturated carbocycles. The van der Waals surface area contributed by atoms with Crippen molar-refractivity contribution in [3.8, 4) is 0 Å². The van der Waals surface area contributed by atoms with Crippen LogP contribution in [0.5, 0.6) is 0 Å². The maximum Gasteiger partial charge on any atom is 0.328 e.